The Labute approximate surface area is 75.1 Å². The van der Waals surface area contributed by atoms with Gasteiger partial charge in [-0.1, -0.05) is 19.9 Å². The summed E-state index contributed by atoms with van der Waals surface area (Å²) in [5.41, 5.74) is 1.39. The lowest BCUT2D eigenvalue weighted by molar-refractivity contribution is 0.288. The van der Waals surface area contributed by atoms with Crippen molar-refractivity contribution in [1.29, 1.82) is 0 Å². The van der Waals surface area contributed by atoms with E-state index in [9.17, 15) is 0 Å². The first-order valence-electron chi connectivity index (χ1n) is 4.74. The Kier molecular flexibility index (Phi) is 3.39. The molecule has 1 atom stereocenters. The summed E-state index contributed by atoms with van der Waals surface area (Å²) in [6.07, 6.45) is 8.00. The molecule has 1 nitrogen and oxygen atoms in total. The van der Waals surface area contributed by atoms with Crippen LogP contribution >= 0.6 is 0 Å². The van der Waals surface area contributed by atoms with Gasteiger partial charge < -0.3 is 4.74 Å². The Morgan fingerprint density at radius 2 is 2.08 bits per heavy atom. The molecule has 0 aromatic rings. The van der Waals surface area contributed by atoms with E-state index in [0.717, 1.165) is 12.2 Å². The SMILES string of the molecule is CCC(C)C1=CCCC=C1OC. The van der Waals surface area contributed by atoms with Crippen molar-refractivity contribution < 1.29 is 4.74 Å². The molecule has 0 saturated carbocycles. The van der Waals surface area contributed by atoms with E-state index in [1.807, 2.05) is 0 Å². The summed E-state index contributed by atoms with van der Waals surface area (Å²) < 4.78 is 5.32. The molecule has 1 heteroatoms. The number of methoxy groups -OCH3 is 1. The van der Waals surface area contributed by atoms with Crippen molar-refractivity contribution in [2.24, 2.45) is 5.92 Å². The van der Waals surface area contributed by atoms with Crippen LogP contribution in [-0.2, 0) is 4.74 Å². The second kappa shape index (κ2) is 4.34. The van der Waals surface area contributed by atoms with Crippen LogP contribution in [-0.4, -0.2) is 7.11 Å². The van der Waals surface area contributed by atoms with E-state index in [0.29, 0.717) is 5.92 Å². The van der Waals surface area contributed by atoms with Crippen molar-refractivity contribution in [3.05, 3.63) is 23.5 Å². The molecule has 0 saturated heterocycles. The van der Waals surface area contributed by atoms with Crippen LogP contribution in [0.1, 0.15) is 33.1 Å². The maximum atomic E-state index is 5.32. The molecule has 0 aromatic heterocycles. The highest BCUT2D eigenvalue weighted by molar-refractivity contribution is 5.30. The molecule has 0 radical (unpaired) electrons. The summed E-state index contributed by atoms with van der Waals surface area (Å²) in [7, 11) is 1.76. The molecular formula is C11H18O. The van der Waals surface area contributed by atoms with E-state index in [1.165, 1.54) is 18.4 Å². The smallest absolute Gasteiger partial charge is 0.118 e. The molecule has 0 N–H and O–H groups in total. The van der Waals surface area contributed by atoms with E-state index >= 15 is 0 Å². The normalized spacial score (nSPS) is 19.6. The second-order valence-corrected chi connectivity index (χ2v) is 3.32. The Hall–Kier alpha value is -0.720. The predicted octanol–water partition coefficient (Wildman–Crippen LogP) is 3.28. The minimum Gasteiger partial charge on any atom is -0.497 e. The van der Waals surface area contributed by atoms with Gasteiger partial charge in [0.1, 0.15) is 5.76 Å². The van der Waals surface area contributed by atoms with Crippen LogP contribution in [0.25, 0.3) is 0 Å². The first-order valence-corrected chi connectivity index (χ1v) is 4.74. The molecule has 1 rings (SSSR count). The Balaban J connectivity index is 2.73. The van der Waals surface area contributed by atoms with Crippen LogP contribution < -0.4 is 0 Å². The highest BCUT2D eigenvalue weighted by Crippen LogP contribution is 2.27. The van der Waals surface area contributed by atoms with Gasteiger partial charge in [0.15, 0.2) is 0 Å². The fourth-order valence-corrected chi connectivity index (χ4v) is 1.54. The third kappa shape index (κ3) is 1.90. The van der Waals surface area contributed by atoms with Gasteiger partial charge in [0.2, 0.25) is 0 Å². The molecule has 0 amide bonds. The largest absolute Gasteiger partial charge is 0.497 e. The average molecular weight is 166 g/mol. The summed E-state index contributed by atoms with van der Waals surface area (Å²) in [5.74, 6) is 1.73. The number of rotatable bonds is 3. The standard InChI is InChI=1S/C11H18O/c1-4-9(2)10-7-5-6-8-11(10)12-3/h7-9H,4-6H2,1-3H3. The zero-order valence-corrected chi connectivity index (χ0v) is 8.26. The first kappa shape index (κ1) is 9.37. The monoisotopic (exact) mass is 166 g/mol. The molecule has 0 heterocycles. The topological polar surface area (TPSA) is 9.23 Å². The summed E-state index contributed by atoms with van der Waals surface area (Å²) in [6, 6.07) is 0. The lowest BCUT2D eigenvalue weighted by Crippen LogP contribution is -2.05. The van der Waals surface area contributed by atoms with Crippen molar-refractivity contribution in [2.45, 2.75) is 33.1 Å². The molecule has 1 aliphatic carbocycles. The van der Waals surface area contributed by atoms with Crippen molar-refractivity contribution in [1.82, 2.24) is 0 Å². The van der Waals surface area contributed by atoms with Crippen LogP contribution in [0.5, 0.6) is 0 Å². The molecular weight excluding hydrogens is 148 g/mol. The molecule has 0 aromatic carbocycles. The van der Waals surface area contributed by atoms with Gasteiger partial charge >= 0.3 is 0 Å². The van der Waals surface area contributed by atoms with Crippen LogP contribution in [0.15, 0.2) is 23.5 Å². The number of ether oxygens (including phenoxy) is 1. The van der Waals surface area contributed by atoms with E-state index in [2.05, 4.69) is 26.0 Å². The van der Waals surface area contributed by atoms with Gasteiger partial charge in [-0.15, -0.1) is 0 Å². The molecule has 68 valence electrons. The summed E-state index contributed by atoms with van der Waals surface area (Å²) >= 11 is 0. The highest BCUT2D eigenvalue weighted by atomic mass is 16.5. The Bertz CT molecular complexity index is 201. The highest BCUT2D eigenvalue weighted by Gasteiger charge is 2.14. The van der Waals surface area contributed by atoms with Crippen molar-refractivity contribution in [3.8, 4) is 0 Å². The van der Waals surface area contributed by atoms with E-state index < -0.39 is 0 Å². The molecule has 0 aliphatic heterocycles. The predicted molar refractivity (Wildman–Crippen MR) is 51.9 cm³/mol. The maximum Gasteiger partial charge on any atom is 0.118 e. The summed E-state index contributed by atoms with van der Waals surface area (Å²) in [5, 5.41) is 0. The number of allylic oxidation sites excluding steroid dienone is 3. The van der Waals surface area contributed by atoms with Gasteiger partial charge in [0, 0.05) is 0 Å². The van der Waals surface area contributed by atoms with E-state index in [4.69, 9.17) is 4.74 Å². The van der Waals surface area contributed by atoms with Gasteiger partial charge in [-0.05, 0) is 36.8 Å². The van der Waals surface area contributed by atoms with Gasteiger partial charge in [-0.3, -0.25) is 0 Å². The third-order valence-corrected chi connectivity index (χ3v) is 2.51. The van der Waals surface area contributed by atoms with Crippen molar-refractivity contribution >= 4 is 0 Å². The molecule has 0 fully saturated rings. The number of hydrogen-bond acceptors (Lipinski definition) is 1. The fraction of sp³-hybridized carbons (Fsp3) is 0.636. The van der Waals surface area contributed by atoms with E-state index in [-0.39, 0.29) is 0 Å². The zero-order valence-electron chi connectivity index (χ0n) is 8.26. The quantitative estimate of drug-likeness (QED) is 0.625. The molecule has 0 bridgehead atoms. The minimum absolute atomic E-state index is 0.636. The zero-order chi connectivity index (χ0) is 8.97. The lowest BCUT2D eigenvalue weighted by atomic mass is 9.92. The van der Waals surface area contributed by atoms with Gasteiger partial charge in [0.25, 0.3) is 0 Å². The Morgan fingerprint density at radius 1 is 1.42 bits per heavy atom. The molecule has 1 aliphatic rings. The average Bonchev–Trinajstić information content (AvgIpc) is 2.16. The van der Waals surface area contributed by atoms with Crippen molar-refractivity contribution in [2.75, 3.05) is 7.11 Å². The van der Waals surface area contributed by atoms with Crippen LogP contribution in [0.3, 0.4) is 0 Å². The maximum absolute atomic E-state index is 5.32. The lowest BCUT2D eigenvalue weighted by Gasteiger charge is -2.19. The number of hydrogen-bond donors (Lipinski definition) is 0. The molecule has 0 spiro atoms. The minimum atomic E-state index is 0.636. The van der Waals surface area contributed by atoms with Gasteiger partial charge in [0.05, 0.1) is 7.11 Å². The van der Waals surface area contributed by atoms with E-state index in [1.54, 1.807) is 7.11 Å². The van der Waals surface area contributed by atoms with Crippen LogP contribution in [0.2, 0.25) is 0 Å². The first-order chi connectivity index (χ1) is 5.79. The third-order valence-electron chi connectivity index (χ3n) is 2.51. The fourth-order valence-electron chi connectivity index (χ4n) is 1.54. The van der Waals surface area contributed by atoms with Crippen LogP contribution in [0.4, 0.5) is 0 Å². The Morgan fingerprint density at radius 3 is 2.67 bits per heavy atom. The summed E-state index contributed by atoms with van der Waals surface area (Å²) in [4.78, 5) is 0. The molecule has 1 unspecified atom stereocenters. The second-order valence-electron chi connectivity index (χ2n) is 3.32. The molecule has 12 heavy (non-hydrogen) atoms. The van der Waals surface area contributed by atoms with Gasteiger partial charge in [-0.25, -0.2) is 0 Å². The summed E-state index contributed by atoms with van der Waals surface area (Å²) in [6.45, 7) is 4.47. The van der Waals surface area contributed by atoms with Crippen LogP contribution in [0, 0.1) is 5.92 Å². The van der Waals surface area contributed by atoms with Crippen molar-refractivity contribution in [3.63, 3.8) is 0 Å². The van der Waals surface area contributed by atoms with Gasteiger partial charge in [-0.2, -0.15) is 0 Å².